The SMILES string of the molecule is O=C1NC2(CCN(c3noc(-c4ccccc4)n3)CC2)CC1c1ccccc1. The Morgan fingerprint density at radius 3 is 2.39 bits per heavy atom. The van der Waals surface area contributed by atoms with E-state index in [1.54, 1.807) is 0 Å². The average Bonchev–Trinajstić information content (AvgIpc) is 3.35. The van der Waals surface area contributed by atoms with Crippen LogP contribution in [-0.2, 0) is 4.79 Å². The van der Waals surface area contributed by atoms with Gasteiger partial charge in [0.25, 0.3) is 11.8 Å². The number of hydrogen-bond donors (Lipinski definition) is 1. The first-order valence-electron chi connectivity index (χ1n) is 9.74. The van der Waals surface area contributed by atoms with Crippen LogP contribution in [0.5, 0.6) is 0 Å². The number of carbonyl (C=O) groups is 1. The highest BCUT2D eigenvalue weighted by Crippen LogP contribution is 2.39. The van der Waals surface area contributed by atoms with Gasteiger partial charge in [-0.25, -0.2) is 0 Å². The number of rotatable bonds is 3. The third-order valence-corrected chi connectivity index (χ3v) is 5.94. The van der Waals surface area contributed by atoms with Crippen LogP contribution in [0.1, 0.15) is 30.7 Å². The molecule has 1 aromatic heterocycles. The van der Waals surface area contributed by atoms with Crippen molar-refractivity contribution in [3.8, 4) is 11.5 Å². The van der Waals surface area contributed by atoms with Gasteiger partial charge in [0.2, 0.25) is 5.91 Å². The standard InChI is InChI=1S/C22H22N4O2/c27-19-18(16-7-3-1-4-8-16)15-22(24-19)11-13-26(14-12-22)21-23-20(28-25-21)17-9-5-2-6-10-17/h1-10,18H,11-15H2,(H,24,27). The molecule has 6 nitrogen and oxygen atoms in total. The summed E-state index contributed by atoms with van der Waals surface area (Å²) in [6.07, 6.45) is 2.62. The number of benzene rings is 2. The lowest BCUT2D eigenvalue weighted by atomic mass is 9.82. The predicted octanol–water partition coefficient (Wildman–Crippen LogP) is 3.38. The van der Waals surface area contributed by atoms with Gasteiger partial charge >= 0.3 is 0 Å². The van der Waals surface area contributed by atoms with Gasteiger partial charge in [0.05, 0.1) is 5.92 Å². The number of nitrogens with zero attached hydrogens (tertiary/aromatic N) is 3. The second-order valence-electron chi connectivity index (χ2n) is 7.69. The molecule has 0 aliphatic carbocycles. The number of amides is 1. The molecule has 0 bridgehead atoms. The molecule has 1 N–H and O–H groups in total. The first-order valence-corrected chi connectivity index (χ1v) is 9.74. The topological polar surface area (TPSA) is 71.3 Å². The normalized spacial score (nSPS) is 21.1. The zero-order valence-electron chi connectivity index (χ0n) is 15.5. The lowest BCUT2D eigenvalue weighted by Gasteiger charge is -2.38. The van der Waals surface area contributed by atoms with Crippen molar-refractivity contribution < 1.29 is 9.32 Å². The van der Waals surface area contributed by atoms with Gasteiger partial charge in [-0.2, -0.15) is 4.98 Å². The number of anilines is 1. The van der Waals surface area contributed by atoms with Gasteiger partial charge in [-0.15, -0.1) is 0 Å². The van der Waals surface area contributed by atoms with E-state index in [0.29, 0.717) is 11.8 Å². The van der Waals surface area contributed by atoms with Crippen LogP contribution in [0.15, 0.2) is 65.2 Å². The molecule has 2 saturated heterocycles. The monoisotopic (exact) mass is 374 g/mol. The summed E-state index contributed by atoms with van der Waals surface area (Å²) in [6.45, 7) is 1.60. The van der Waals surface area contributed by atoms with Crippen LogP contribution in [0.3, 0.4) is 0 Å². The van der Waals surface area contributed by atoms with Gasteiger partial charge in [-0.05, 0) is 42.1 Å². The Labute approximate surface area is 163 Å². The lowest BCUT2D eigenvalue weighted by Crippen LogP contribution is -2.51. The Bertz CT molecular complexity index is 962. The largest absolute Gasteiger partial charge is 0.350 e. The van der Waals surface area contributed by atoms with E-state index < -0.39 is 0 Å². The van der Waals surface area contributed by atoms with Gasteiger partial charge < -0.3 is 14.7 Å². The maximum Gasteiger partial charge on any atom is 0.266 e. The molecule has 6 heteroatoms. The fourth-order valence-corrected chi connectivity index (χ4v) is 4.34. The zero-order valence-corrected chi connectivity index (χ0v) is 15.5. The smallest absolute Gasteiger partial charge is 0.266 e. The molecule has 1 unspecified atom stereocenters. The molecule has 1 atom stereocenters. The van der Waals surface area contributed by atoms with E-state index in [2.05, 4.69) is 20.4 Å². The molecule has 28 heavy (non-hydrogen) atoms. The van der Waals surface area contributed by atoms with E-state index in [4.69, 9.17) is 4.52 Å². The summed E-state index contributed by atoms with van der Waals surface area (Å²) in [4.78, 5) is 19.3. The highest BCUT2D eigenvalue weighted by atomic mass is 16.5. The molecule has 1 spiro atoms. The van der Waals surface area contributed by atoms with Crippen molar-refractivity contribution in [3.05, 3.63) is 66.2 Å². The summed E-state index contributed by atoms with van der Waals surface area (Å²) < 4.78 is 5.44. The first-order chi connectivity index (χ1) is 13.7. The van der Waals surface area contributed by atoms with E-state index in [1.165, 1.54) is 0 Å². The fraction of sp³-hybridized carbons (Fsp3) is 0.318. The average molecular weight is 374 g/mol. The molecule has 2 aromatic carbocycles. The molecule has 3 aromatic rings. The van der Waals surface area contributed by atoms with Gasteiger partial charge in [-0.1, -0.05) is 48.5 Å². The molecule has 2 aliphatic rings. The zero-order chi connectivity index (χ0) is 19.0. The Hall–Kier alpha value is -3.15. The van der Waals surface area contributed by atoms with Crippen LogP contribution >= 0.6 is 0 Å². The molecule has 0 radical (unpaired) electrons. The third-order valence-electron chi connectivity index (χ3n) is 5.94. The maximum atomic E-state index is 12.6. The predicted molar refractivity (Wildman–Crippen MR) is 106 cm³/mol. The summed E-state index contributed by atoms with van der Waals surface area (Å²) in [5.41, 5.74) is 1.90. The van der Waals surface area contributed by atoms with E-state index in [0.717, 1.165) is 43.5 Å². The Balaban J connectivity index is 1.27. The number of nitrogens with one attached hydrogen (secondary N) is 1. The molecule has 142 valence electrons. The maximum absolute atomic E-state index is 12.6. The Morgan fingerprint density at radius 2 is 1.68 bits per heavy atom. The summed E-state index contributed by atoms with van der Waals surface area (Å²) in [7, 11) is 0. The van der Waals surface area contributed by atoms with Crippen molar-refractivity contribution in [2.24, 2.45) is 0 Å². The highest BCUT2D eigenvalue weighted by molar-refractivity contribution is 5.87. The van der Waals surface area contributed by atoms with Crippen LogP contribution < -0.4 is 10.2 Å². The summed E-state index contributed by atoms with van der Waals surface area (Å²) >= 11 is 0. The number of hydrogen-bond acceptors (Lipinski definition) is 5. The van der Waals surface area contributed by atoms with Crippen LogP contribution in [-0.4, -0.2) is 34.7 Å². The number of aromatic nitrogens is 2. The minimum Gasteiger partial charge on any atom is -0.350 e. The molecule has 3 heterocycles. The van der Waals surface area contributed by atoms with Crippen molar-refractivity contribution >= 4 is 11.9 Å². The molecule has 2 aliphatic heterocycles. The van der Waals surface area contributed by atoms with E-state index in [-0.39, 0.29) is 17.4 Å². The molecule has 5 rings (SSSR count). The highest BCUT2D eigenvalue weighted by Gasteiger charge is 2.46. The second kappa shape index (κ2) is 6.78. The van der Waals surface area contributed by atoms with Gasteiger partial charge in [0, 0.05) is 24.2 Å². The summed E-state index contributed by atoms with van der Waals surface area (Å²) in [6, 6.07) is 19.9. The van der Waals surface area contributed by atoms with Crippen molar-refractivity contribution in [2.75, 3.05) is 18.0 Å². The van der Waals surface area contributed by atoms with Crippen LogP contribution in [0.25, 0.3) is 11.5 Å². The number of piperidine rings is 1. The minimum atomic E-state index is -0.125. The Morgan fingerprint density at radius 1 is 1.00 bits per heavy atom. The van der Waals surface area contributed by atoms with Gasteiger partial charge in [-0.3, -0.25) is 4.79 Å². The van der Waals surface area contributed by atoms with Crippen LogP contribution in [0.4, 0.5) is 5.95 Å². The van der Waals surface area contributed by atoms with Crippen LogP contribution in [0.2, 0.25) is 0 Å². The molecule has 1 amide bonds. The van der Waals surface area contributed by atoms with E-state index in [1.807, 2.05) is 60.7 Å². The van der Waals surface area contributed by atoms with E-state index in [9.17, 15) is 4.79 Å². The quantitative estimate of drug-likeness (QED) is 0.761. The molecule has 0 saturated carbocycles. The molecule has 2 fully saturated rings. The Kier molecular flexibility index (Phi) is 4.11. The fourth-order valence-electron chi connectivity index (χ4n) is 4.34. The van der Waals surface area contributed by atoms with Crippen LogP contribution in [0, 0.1) is 0 Å². The van der Waals surface area contributed by atoms with Crippen molar-refractivity contribution in [2.45, 2.75) is 30.7 Å². The molecular formula is C22H22N4O2. The molecular weight excluding hydrogens is 352 g/mol. The first kappa shape index (κ1) is 17.0. The number of carbonyl (C=O) groups excluding carboxylic acids is 1. The lowest BCUT2D eigenvalue weighted by molar-refractivity contribution is -0.121. The van der Waals surface area contributed by atoms with E-state index >= 15 is 0 Å². The van der Waals surface area contributed by atoms with Gasteiger partial charge in [0.1, 0.15) is 0 Å². The van der Waals surface area contributed by atoms with Crippen molar-refractivity contribution in [1.82, 2.24) is 15.5 Å². The van der Waals surface area contributed by atoms with Crippen molar-refractivity contribution in [3.63, 3.8) is 0 Å². The van der Waals surface area contributed by atoms with Gasteiger partial charge in [0.15, 0.2) is 0 Å². The van der Waals surface area contributed by atoms with Crippen molar-refractivity contribution in [1.29, 1.82) is 0 Å². The summed E-state index contributed by atoms with van der Waals surface area (Å²) in [5.74, 6) is 1.25. The summed E-state index contributed by atoms with van der Waals surface area (Å²) in [5, 5.41) is 7.45. The second-order valence-corrected chi connectivity index (χ2v) is 7.69. The minimum absolute atomic E-state index is 0.0531. The third kappa shape index (κ3) is 3.05.